The lowest BCUT2D eigenvalue weighted by atomic mass is 9.82. The van der Waals surface area contributed by atoms with Gasteiger partial charge in [0.1, 0.15) is 5.75 Å². The van der Waals surface area contributed by atoms with Crippen LogP contribution in [-0.2, 0) is 14.4 Å². The standard InChI is InChI=1S/C32H36N2O6.C2HF3O2/c1-32(2,3)30(21-8-6-5-7-9-21)33-27(35)18-34-17-24(22-12-15-25-26(16-22)40-19-39-25)28(31(36)37)29(34)20-10-13-23(38-4)14-11-20;3-2(4,5)1(6)7/h5-16,24,28-30H,17-19H2,1-4H3,(H,33,35)(H,36,37);(H,6,7)/t24-,28-,29+,30?;/m1./s1. The number of nitrogens with one attached hydrogen (secondary N) is 1. The maximum Gasteiger partial charge on any atom is 0.490 e. The molecule has 0 spiro atoms. The zero-order chi connectivity index (χ0) is 34.5. The molecule has 1 saturated heterocycles. The van der Waals surface area contributed by atoms with E-state index in [1.165, 1.54) is 0 Å². The van der Waals surface area contributed by atoms with E-state index in [1.807, 2.05) is 77.7 Å². The third-order valence-electron chi connectivity index (χ3n) is 8.06. The highest BCUT2D eigenvalue weighted by atomic mass is 19.4. The van der Waals surface area contributed by atoms with Crippen molar-refractivity contribution in [1.29, 1.82) is 0 Å². The van der Waals surface area contributed by atoms with Gasteiger partial charge < -0.3 is 29.7 Å². The van der Waals surface area contributed by atoms with Crippen molar-refractivity contribution in [1.82, 2.24) is 10.2 Å². The first-order chi connectivity index (χ1) is 22.1. The fourth-order valence-electron chi connectivity index (χ4n) is 5.91. The van der Waals surface area contributed by atoms with Gasteiger partial charge >= 0.3 is 18.1 Å². The summed E-state index contributed by atoms with van der Waals surface area (Å²) in [6.45, 7) is 6.88. The topological polar surface area (TPSA) is 135 Å². The van der Waals surface area contributed by atoms with Crippen LogP contribution in [-0.4, -0.2) is 66.1 Å². The zero-order valence-electron chi connectivity index (χ0n) is 26.3. The normalized spacial score (nSPS) is 19.7. The summed E-state index contributed by atoms with van der Waals surface area (Å²) >= 11 is 0. The van der Waals surface area contributed by atoms with Crippen molar-refractivity contribution in [2.24, 2.45) is 11.3 Å². The van der Waals surface area contributed by atoms with Gasteiger partial charge in [-0.05, 0) is 46.4 Å². The van der Waals surface area contributed by atoms with E-state index < -0.39 is 30.1 Å². The Hall–Kier alpha value is -4.78. The van der Waals surface area contributed by atoms with Gasteiger partial charge in [-0.2, -0.15) is 13.2 Å². The molecule has 1 unspecified atom stereocenters. The number of carbonyl (C=O) groups excluding carboxylic acids is 1. The number of nitrogens with zero attached hydrogens (tertiary/aromatic N) is 1. The van der Waals surface area contributed by atoms with Gasteiger partial charge in [-0.1, -0.05) is 69.3 Å². The van der Waals surface area contributed by atoms with Crippen molar-refractivity contribution in [2.75, 3.05) is 27.0 Å². The van der Waals surface area contributed by atoms with Crippen LogP contribution in [0.3, 0.4) is 0 Å². The summed E-state index contributed by atoms with van der Waals surface area (Å²) in [6, 6.07) is 22.2. The van der Waals surface area contributed by atoms with Gasteiger partial charge in [-0.25, -0.2) is 4.79 Å². The fraction of sp³-hybridized carbons (Fsp3) is 0.382. The van der Waals surface area contributed by atoms with Crippen molar-refractivity contribution >= 4 is 17.8 Å². The zero-order valence-corrected chi connectivity index (χ0v) is 26.3. The minimum atomic E-state index is -5.08. The van der Waals surface area contributed by atoms with Crippen molar-refractivity contribution in [3.05, 3.63) is 89.5 Å². The van der Waals surface area contributed by atoms with E-state index in [4.69, 9.17) is 24.1 Å². The number of methoxy groups -OCH3 is 1. The second kappa shape index (κ2) is 14.3. The number of hydrogen-bond donors (Lipinski definition) is 3. The number of likely N-dealkylation sites (tertiary alicyclic amines) is 1. The molecule has 252 valence electrons. The molecule has 2 heterocycles. The number of benzene rings is 3. The van der Waals surface area contributed by atoms with Crippen molar-refractivity contribution in [3.8, 4) is 17.2 Å². The van der Waals surface area contributed by atoms with E-state index in [0.717, 1.165) is 16.7 Å². The molecule has 13 heteroatoms. The monoisotopic (exact) mass is 658 g/mol. The third kappa shape index (κ3) is 8.53. The summed E-state index contributed by atoms with van der Waals surface area (Å²) < 4.78 is 48.1. The number of carboxylic acids is 2. The van der Waals surface area contributed by atoms with Gasteiger partial charge in [0.25, 0.3) is 0 Å². The van der Waals surface area contributed by atoms with Crippen LogP contribution in [0, 0.1) is 11.3 Å². The molecular formula is C34H37F3N2O8. The first kappa shape index (κ1) is 35.1. The van der Waals surface area contributed by atoms with Crippen LogP contribution in [0.5, 0.6) is 17.2 Å². The van der Waals surface area contributed by atoms with Gasteiger partial charge in [0.05, 0.1) is 25.6 Å². The molecule has 3 aromatic rings. The molecule has 2 aliphatic heterocycles. The molecule has 3 aromatic carbocycles. The number of ether oxygens (including phenoxy) is 3. The number of carboxylic acid groups (broad SMARTS) is 2. The largest absolute Gasteiger partial charge is 0.497 e. The highest BCUT2D eigenvalue weighted by Crippen LogP contribution is 2.48. The van der Waals surface area contributed by atoms with Gasteiger partial charge in [-0.15, -0.1) is 0 Å². The van der Waals surface area contributed by atoms with Crippen LogP contribution in [0.25, 0.3) is 0 Å². The molecule has 1 fully saturated rings. The molecule has 0 radical (unpaired) electrons. The maximum absolute atomic E-state index is 13.6. The van der Waals surface area contributed by atoms with Crippen molar-refractivity contribution < 1.29 is 52.0 Å². The molecular weight excluding hydrogens is 621 g/mol. The third-order valence-corrected chi connectivity index (χ3v) is 8.06. The number of hydrogen-bond acceptors (Lipinski definition) is 7. The van der Waals surface area contributed by atoms with E-state index in [9.17, 15) is 27.9 Å². The Bertz CT molecular complexity index is 1560. The highest BCUT2D eigenvalue weighted by Gasteiger charge is 2.48. The molecule has 0 saturated carbocycles. The Balaban J connectivity index is 0.000000644. The van der Waals surface area contributed by atoms with Gasteiger partial charge in [-0.3, -0.25) is 14.5 Å². The maximum atomic E-state index is 13.6. The fourth-order valence-corrected chi connectivity index (χ4v) is 5.91. The minimum absolute atomic E-state index is 0.0565. The average molecular weight is 659 g/mol. The molecule has 2 aliphatic rings. The van der Waals surface area contributed by atoms with Crippen LogP contribution in [0.15, 0.2) is 72.8 Å². The van der Waals surface area contributed by atoms with E-state index in [0.29, 0.717) is 23.8 Å². The molecule has 5 rings (SSSR count). The average Bonchev–Trinajstić information content (AvgIpc) is 3.64. The number of amides is 1. The summed E-state index contributed by atoms with van der Waals surface area (Å²) in [5.41, 5.74) is 2.46. The lowest BCUT2D eigenvalue weighted by molar-refractivity contribution is -0.192. The van der Waals surface area contributed by atoms with Gasteiger partial charge in [0, 0.05) is 18.5 Å². The van der Waals surface area contributed by atoms with E-state index in [1.54, 1.807) is 7.11 Å². The number of rotatable bonds is 8. The number of carbonyl (C=O) groups is 3. The molecule has 47 heavy (non-hydrogen) atoms. The number of fused-ring (bicyclic) bond motifs is 1. The number of aliphatic carboxylic acids is 2. The summed E-state index contributed by atoms with van der Waals surface area (Å²) in [6.07, 6.45) is -5.08. The van der Waals surface area contributed by atoms with Gasteiger partial charge in [0.2, 0.25) is 12.7 Å². The second-order valence-electron chi connectivity index (χ2n) is 12.3. The Morgan fingerprint density at radius 3 is 2.09 bits per heavy atom. The lowest BCUT2D eigenvalue weighted by Crippen LogP contribution is -2.43. The van der Waals surface area contributed by atoms with Crippen LogP contribution in [0.1, 0.15) is 55.5 Å². The molecule has 4 atom stereocenters. The lowest BCUT2D eigenvalue weighted by Gasteiger charge is -2.33. The van der Waals surface area contributed by atoms with E-state index >= 15 is 0 Å². The van der Waals surface area contributed by atoms with Crippen LogP contribution < -0.4 is 19.5 Å². The molecule has 10 nitrogen and oxygen atoms in total. The van der Waals surface area contributed by atoms with E-state index in [2.05, 4.69) is 26.1 Å². The SMILES string of the molecule is COc1ccc([C@H]2[C@H](C(=O)O)[C@@H](c3ccc4c(c3)OCO4)CN2CC(=O)NC(c2ccccc2)C(C)(C)C)cc1.O=C(O)C(F)(F)F. The predicted molar refractivity (Wildman–Crippen MR) is 164 cm³/mol. The van der Waals surface area contributed by atoms with Crippen molar-refractivity contribution in [3.63, 3.8) is 0 Å². The summed E-state index contributed by atoms with van der Waals surface area (Å²) in [5.74, 6) is -3.04. The first-order valence-electron chi connectivity index (χ1n) is 14.7. The Labute approximate surface area is 270 Å². The molecule has 0 bridgehead atoms. The van der Waals surface area contributed by atoms with Crippen LogP contribution in [0.4, 0.5) is 13.2 Å². The van der Waals surface area contributed by atoms with Crippen LogP contribution in [0.2, 0.25) is 0 Å². The van der Waals surface area contributed by atoms with Crippen molar-refractivity contribution in [2.45, 2.75) is 44.9 Å². The summed E-state index contributed by atoms with van der Waals surface area (Å²) in [7, 11) is 1.59. The number of alkyl halides is 3. The Morgan fingerprint density at radius 2 is 1.53 bits per heavy atom. The van der Waals surface area contributed by atoms with E-state index in [-0.39, 0.29) is 36.6 Å². The highest BCUT2D eigenvalue weighted by molar-refractivity contribution is 5.80. The summed E-state index contributed by atoms with van der Waals surface area (Å²) in [5, 5.41) is 20.9. The second-order valence-corrected chi connectivity index (χ2v) is 12.3. The minimum Gasteiger partial charge on any atom is -0.497 e. The quantitative estimate of drug-likeness (QED) is 0.275. The first-order valence-corrected chi connectivity index (χ1v) is 14.7. The molecule has 0 aromatic heterocycles. The summed E-state index contributed by atoms with van der Waals surface area (Å²) in [4.78, 5) is 37.3. The van der Waals surface area contributed by atoms with Gasteiger partial charge in [0.15, 0.2) is 11.5 Å². The molecule has 0 aliphatic carbocycles. The smallest absolute Gasteiger partial charge is 0.490 e. The van der Waals surface area contributed by atoms with Crippen LogP contribution >= 0.6 is 0 Å². The number of halogens is 3. The Kier molecular flexibility index (Phi) is 10.7. The Morgan fingerprint density at radius 1 is 0.936 bits per heavy atom. The predicted octanol–water partition coefficient (Wildman–Crippen LogP) is 5.80. The molecule has 1 amide bonds. The molecule has 3 N–H and O–H groups in total.